The largest absolute Gasteiger partial charge is 0.372 e. The molecule has 5 nitrogen and oxygen atoms in total. The summed E-state index contributed by atoms with van der Waals surface area (Å²) in [4.78, 5) is 14.5. The first-order valence-corrected chi connectivity index (χ1v) is 11.4. The van der Waals surface area contributed by atoms with E-state index in [4.69, 9.17) is 11.6 Å². The fourth-order valence-electron chi connectivity index (χ4n) is 3.42. The third-order valence-electron chi connectivity index (χ3n) is 5.00. The van der Waals surface area contributed by atoms with Crippen LogP contribution in [0.5, 0.6) is 0 Å². The van der Waals surface area contributed by atoms with Gasteiger partial charge in [-0.1, -0.05) is 35.5 Å². The average molecular weight is 439 g/mol. The number of thioether (sulfide) groups is 1. The second-order valence-corrected chi connectivity index (χ2v) is 8.63. The molecule has 0 radical (unpaired) electrons. The van der Waals surface area contributed by atoms with E-state index < -0.39 is 0 Å². The minimum atomic E-state index is -0.0958. The number of amides is 1. The fourth-order valence-corrected chi connectivity index (χ4v) is 4.16. The molecular weight excluding hydrogens is 416 g/mol. The van der Waals surface area contributed by atoms with Gasteiger partial charge in [-0.25, -0.2) is 0 Å². The Morgan fingerprint density at radius 2 is 1.67 bits per heavy atom. The summed E-state index contributed by atoms with van der Waals surface area (Å²) in [5.74, 6) is 0.169. The number of hydrogen-bond acceptors (Lipinski definition) is 5. The number of piperidine rings is 1. The quantitative estimate of drug-likeness (QED) is 0.513. The molecule has 1 aromatic heterocycles. The van der Waals surface area contributed by atoms with Gasteiger partial charge in [-0.3, -0.25) is 4.79 Å². The summed E-state index contributed by atoms with van der Waals surface area (Å²) in [6.45, 7) is 2.27. The molecular formula is C23H23ClN4OS. The molecule has 0 atom stereocenters. The van der Waals surface area contributed by atoms with Crippen molar-refractivity contribution in [3.63, 3.8) is 0 Å². The molecule has 7 heteroatoms. The van der Waals surface area contributed by atoms with Gasteiger partial charge in [0.15, 0.2) is 0 Å². The number of nitrogens with zero attached hydrogens (tertiary/aromatic N) is 3. The Morgan fingerprint density at radius 3 is 2.33 bits per heavy atom. The van der Waals surface area contributed by atoms with Crippen LogP contribution < -0.4 is 10.2 Å². The Balaban J connectivity index is 1.31. The van der Waals surface area contributed by atoms with Crippen LogP contribution in [0.25, 0.3) is 11.3 Å². The molecule has 0 bridgehead atoms. The molecule has 2 aromatic carbocycles. The lowest BCUT2D eigenvalue weighted by Crippen LogP contribution is -2.29. The molecule has 0 spiro atoms. The molecule has 0 aliphatic carbocycles. The smallest absolute Gasteiger partial charge is 0.234 e. The molecule has 1 aliphatic rings. The van der Waals surface area contributed by atoms with E-state index in [1.165, 1.54) is 36.7 Å². The van der Waals surface area contributed by atoms with Gasteiger partial charge in [-0.05, 0) is 67.8 Å². The van der Waals surface area contributed by atoms with Crippen molar-refractivity contribution in [2.75, 3.05) is 29.1 Å². The highest BCUT2D eigenvalue weighted by Gasteiger charge is 2.11. The Morgan fingerprint density at radius 1 is 0.933 bits per heavy atom. The minimum absolute atomic E-state index is 0.0958. The van der Waals surface area contributed by atoms with E-state index in [0.717, 1.165) is 35.1 Å². The molecule has 154 valence electrons. The minimum Gasteiger partial charge on any atom is -0.372 e. The van der Waals surface area contributed by atoms with Crippen LogP contribution in [0, 0.1) is 0 Å². The number of carbonyl (C=O) groups is 1. The van der Waals surface area contributed by atoms with Crippen molar-refractivity contribution >= 4 is 40.6 Å². The molecule has 0 saturated carbocycles. The van der Waals surface area contributed by atoms with Crippen LogP contribution in [0.1, 0.15) is 19.3 Å². The maximum absolute atomic E-state index is 12.1. The number of halogens is 1. The third-order valence-corrected chi connectivity index (χ3v) is 6.18. The zero-order valence-corrected chi connectivity index (χ0v) is 18.1. The Bertz CT molecular complexity index is 972. The van der Waals surface area contributed by atoms with E-state index >= 15 is 0 Å². The van der Waals surface area contributed by atoms with E-state index in [-0.39, 0.29) is 11.7 Å². The van der Waals surface area contributed by atoms with Crippen LogP contribution in [0.2, 0.25) is 5.02 Å². The molecule has 1 N–H and O–H groups in total. The normalized spacial score (nSPS) is 13.8. The zero-order chi connectivity index (χ0) is 20.8. The van der Waals surface area contributed by atoms with Gasteiger partial charge in [-0.15, -0.1) is 10.2 Å². The zero-order valence-electron chi connectivity index (χ0n) is 16.6. The topological polar surface area (TPSA) is 58.1 Å². The van der Waals surface area contributed by atoms with Crippen LogP contribution in [0.3, 0.4) is 0 Å². The summed E-state index contributed by atoms with van der Waals surface area (Å²) in [6, 6.07) is 19.4. The number of nitrogens with one attached hydrogen (secondary N) is 1. The summed E-state index contributed by atoms with van der Waals surface area (Å²) in [5, 5.41) is 12.8. The Labute approximate surface area is 185 Å². The first-order valence-electron chi connectivity index (χ1n) is 10.0. The number of anilines is 2. The van der Waals surface area contributed by atoms with Crippen LogP contribution in [-0.4, -0.2) is 34.9 Å². The predicted octanol–water partition coefficient (Wildman–Crippen LogP) is 5.52. The first kappa shape index (κ1) is 20.7. The fraction of sp³-hybridized carbons (Fsp3) is 0.261. The molecule has 1 saturated heterocycles. The van der Waals surface area contributed by atoms with E-state index in [1.54, 1.807) is 24.3 Å². The number of hydrogen-bond donors (Lipinski definition) is 1. The standard InChI is InChI=1S/C23H23ClN4OS/c24-18-6-8-19(9-7-18)25-22(29)16-30-23-13-12-21(26-27-23)17-4-10-20(11-5-17)28-14-2-1-3-15-28/h4-13H,1-3,14-16H2,(H,25,29). The van der Waals surface area contributed by atoms with Crippen molar-refractivity contribution in [1.29, 1.82) is 0 Å². The highest BCUT2D eigenvalue weighted by Crippen LogP contribution is 2.25. The van der Waals surface area contributed by atoms with E-state index in [9.17, 15) is 4.79 Å². The number of carbonyl (C=O) groups excluding carboxylic acids is 1. The maximum atomic E-state index is 12.1. The Hall–Kier alpha value is -2.57. The van der Waals surface area contributed by atoms with E-state index in [2.05, 4.69) is 44.7 Å². The highest BCUT2D eigenvalue weighted by molar-refractivity contribution is 7.99. The lowest BCUT2D eigenvalue weighted by Gasteiger charge is -2.28. The second kappa shape index (κ2) is 9.96. The summed E-state index contributed by atoms with van der Waals surface area (Å²) >= 11 is 7.21. The van der Waals surface area contributed by atoms with Crippen molar-refractivity contribution in [1.82, 2.24) is 10.2 Å². The van der Waals surface area contributed by atoms with Crippen LogP contribution in [-0.2, 0) is 4.79 Å². The monoisotopic (exact) mass is 438 g/mol. The van der Waals surface area contributed by atoms with Gasteiger partial charge in [0.1, 0.15) is 5.03 Å². The maximum Gasteiger partial charge on any atom is 0.234 e. The summed E-state index contributed by atoms with van der Waals surface area (Å²) < 4.78 is 0. The van der Waals surface area contributed by atoms with Gasteiger partial charge in [0.25, 0.3) is 0 Å². The van der Waals surface area contributed by atoms with Gasteiger partial charge in [0, 0.05) is 35.1 Å². The van der Waals surface area contributed by atoms with Gasteiger partial charge in [-0.2, -0.15) is 0 Å². The van der Waals surface area contributed by atoms with Crippen LogP contribution in [0.15, 0.2) is 65.7 Å². The van der Waals surface area contributed by atoms with Gasteiger partial charge in [0.05, 0.1) is 11.4 Å². The van der Waals surface area contributed by atoms with Crippen LogP contribution >= 0.6 is 23.4 Å². The number of benzene rings is 2. The Kier molecular flexibility index (Phi) is 6.87. The first-order chi connectivity index (χ1) is 14.7. The highest BCUT2D eigenvalue weighted by atomic mass is 35.5. The van der Waals surface area contributed by atoms with Crippen molar-refractivity contribution in [2.45, 2.75) is 24.3 Å². The molecule has 30 heavy (non-hydrogen) atoms. The molecule has 4 rings (SSSR count). The molecule has 0 unspecified atom stereocenters. The van der Waals surface area contributed by atoms with Crippen molar-refractivity contribution in [2.24, 2.45) is 0 Å². The predicted molar refractivity (Wildman–Crippen MR) is 124 cm³/mol. The number of aromatic nitrogens is 2. The van der Waals surface area contributed by atoms with E-state index in [1.807, 2.05) is 12.1 Å². The van der Waals surface area contributed by atoms with Crippen molar-refractivity contribution in [3.8, 4) is 11.3 Å². The summed E-state index contributed by atoms with van der Waals surface area (Å²) in [6.07, 6.45) is 3.87. The van der Waals surface area contributed by atoms with Gasteiger partial charge >= 0.3 is 0 Å². The molecule has 1 fully saturated rings. The van der Waals surface area contributed by atoms with E-state index in [0.29, 0.717) is 5.02 Å². The van der Waals surface area contributed by atoms with Crippen molar-refractivity contribution in [3.05, 3.63) is 65.7 Å². The molecule has 2 heterocycles. The molecule has 3 aromatic rings. The lowest BCUT2D eigenvalue weighted by atomic mass is 10.1. The van der Waals surface area contributed by atoms with Crippen molar-refractivity contribution < 1.29 is 4.79 Å². The molecule has 1 aliphatic heterocycles. The van der Waals surface area contributed by atoms with Gasteiger partial charge < -0.3 is 10.2 Å². The summed E-state index contributed by atoms with van der Waals surface area (Å²) in [7, 11) is 0. The SMILES string of the molecule is O=C(CSc1ccc(-c2ccc(N3CCCCC3)cc2)nn1)Nc1ccc(Cl)cc1. The average Bonchev–Trinajstić information content (AvgIpc) is 2.80. The lowest BCUT2D eigenvalue weighted by molar-refractivity contribution is -0.113. The second-order valence-electron chi connectivity index (χ2n) is 7.20. The molecule has 1 amide bonds. The van der Waals surface area contributed by atoms with Crippen LogP contribution in [0.4, 0.5) is 11.4 Å². The van der Waals surface area contributed by atoms with Gasteiger partial charge in [0.2, 0.25) is 5.91 Å². The third kappa shape index (κ3) is 5.52. The number of rotatable bonds is 6. The summed E-state index contributed by atoms with van der Waals surface area (Å²) in [5.41, 5.74) is 3.86.